The molecule has 2 N–H and O–H groups in total. The van der Waals surface area contributed by atoms with Crippen molar-refractivity contribution >= 4 is 33.5 Å². The predicted molar refractivity (Wildman–Crippen MR) is 109 cm³/mol. The quantitative estimate of drug-likeness (QED) is 0.670. The number of hydrogen-bond acceptors (Lipinski definition) is 4. The second-order valence-electron chi connectivity index (χ2n) is 6.27. The van der Waals surface area contributed by atoms with Crippen molar-refractivity contribution in [2.45, 2.75) is 0 Å². The van der Waals surface area contributed by atoms with Crippen molar-refractivity contribution in [3.63, 3.8) is 0 Å². The minimum atomic E-state index is -0.0837. The largest absolute Gasteiger partial charge is 0.352 e. The number of anilines is 2. The third-order valence-corrected chi connectivity index (χ3v) is 5.23. The van der Waals surface area contributed by atoms with E-state index in [1.54, 1.807) is 12.4 Å². The molecule has 8 heteroatoms. The maximum absolute atomic E-state index is 12.5. The number of rotatable bonds is 3. The lowest BCUT2D eigenvalue weighted by Gasteiger charge is -2.34. The van der Waals surface area contributed by atoms with Gasteiger partial charge in [0.05, 0.1) is 11.4 Å². The maximum Gasteiger partial charge on any atom is 0.321 e. The fourth-order valence-electron chi connectivity index (χ4n) is 3.04. The summed E-state index contributed by atoms with van der Waals surface area (Å²) in [5, 5.41) is 10.4. The van der Waals surface area contributed by atoms with Gasteiger partial charge in [-0.2, -0.15) is 5.10 Å². The standard InChI is InChI=1S/C19H19BrN6O/c20-15-5-1-2-6-16(15)22-19(27)26-10-8-25(9-11-26)18-12-17(23-24-18)14-4-3-7-21-13-14/h1-7,12-13H,8-11H2,(H,22,27)(H,23,24). The van der Waals surface area contributed by atoms with Crippen LogP contribution in [0, 0.1) is 0 Å². The van der Waals surface area contributed by atoms with E-state index in [-0.39, 0.29) is 6.03 Å². The Labute approximate surface area is 165 Å². The van der Waals surface area contributed by atoms with E-state index in [0.717, 1.165) is 40.3 Å². The number of aromatic nitrogens is 3. The van der Waals surface area contributed by atoms with Gasteiger partial charge < -0.3 is 15.1 Å². The van der Waals surface area contributed by atoms with Crippen molar-refractivity contribution < 1.29 is 4.79 Å². The molecule has 1 aliphatic rings. The van der Waals surface area contributed by atoms with E-state index < -0.39 is 0 Å². The molecule has 138 valence electrons. The molecule has 1 saturated heterocycles. The molecule has 2 aromatic heterocycles. The summed E-state index contributed by atoms with van der Waals surface area (Å²) in [7, 11) is 0. The van der Waals surface area contributed by atoms with Crippen LogP contribution in [0.15, 0.2) is 59.3 Å². The number of carbonyl (C=O) groups is 1. The van der Waals surface area contributed by atoms with Crippen molar-refractivity contribution in [3.8, 4) is 11.3 Å². The number of benzene rings is 1. The number of para-hydroxylation sites is 1. The summed E-state index contributed by atoms with van der Waals surface area (Å²) in [6.45, 7) is 2.76. The van der Waals surface area contributed by atoms with Gasteiger partial charge in [-0.3, -0.25) is 10.1 Å². The number of hydrogen-bond donors (Lipinski definition) is 2. The van der Waals surface area contributed by atoms with E-state index in [4.69, 9.17) is 0 Å². The highest BCUT2D eigenvalue weighted by atomic mass is 79.9. The number of halogens is 1. The molecule has 27 heavy (non-hydrogen) atoms. The van der Waals surface area contributed by atoms with E-state index in [9.17, 15) is 4.79 Å². The lowest BCUT2D eigenvalue weighted by atomic mass is 10.2. The summed E-state index contributed by atoms with van der Waals surface area (Å²) >= 11 is 3.45. The van der Waals surface area contributed by atoms with Crippen LogP contribution in [0.5, 0.6) is 0 Å². The van der Waals surface area contributed by atoms with Gasteiger partial charge in [0.25, 0.3) is 0 Å². The Balaban J connectivity index is 1.36. The SMILES string of the molecule is O=C(Nc1ccccc1Br)N1CCN(c2cc(-c3cccnc3)[nH]n2)CC1. The summed E-state index contributed by atoms with van der Waals surface area (Å²) in [6.07, 6.45) is 3.56. The number of piperazine rings is 1. The van der Waals surface area contributed by atoms with E-state index in [1.807, 2.05) is 47.4 Å². The van der Waals surface area contributed by atoms with Crippen LogP contribution in [-0.2, 0) is 0 Å². The van der Waals surface area contributed by atoms with Crippen LogP contribution in [0.4, 0.5) is 16.3 Å². The average molecular weight is 427 g/mol. The highest BCUT2D eigenvalue weighted by Crippen LogP contribution is 2.23. The van der Waals surface area contributed by atoms with Crippen molar-refractivity contribution in [1.29, 1.82) is 0 Å². The molecule has 0 bridgehead atoms. The Hall–Kier alpha value is -2.87. The summed E-state index contributed by atoms with van der Waals surface area (Å²) in [5.74, 6) is 0.889. The molecular weight excluding hydrogens is 408 g/mol. The molecule has 2 amide bonds. The van der Waals surface area contributed by atoms with Gasteiger partial charge in [-0.25, -0.2) is 4.79 Å². The summed E-state index contributed by atoms with van der Waals surface area (Å²) < 4.78 is 0.872. The van der Waals surface area contributed by atoms with Crippen LogP contribution in [0.3, 0.4) is 0 Å². The number of nitrogens with one attached hydrogen (secondary N) is 2. The lowest BCUT2D eigenvalue weighted by molar-refractivity contribution is 0.208. The smallest absolute Gasteiger partial charge is 0.321 e. The molecule has 0 unspecified atom stereocenters. The molecular formula is C19H19BrN6O. The van der Waals surface area contributed by atoms with Gasteiger partial charge in [-0.05, 0) is 40.2 Å². The maximum atomic E-state index is 12.5. The highest BCUT2D eigenvalue weighted by molar-refractivity contribution is 9.10. The molecule has 1 aliphatic heterocycles. The topological polar surface area (TPSA) is 77.2 Å². The van der Waals surface area contributed by atoms with Crippen LogP contribution >= 0.6 is 15.9 Å². The van der Waals surface area contributed by atoms with Crippen LogP contribution < -0.4 is 10.2 Å². The molecule has 1 fully saturated rings. The second kappa shape index (κ2) is 7.79. The molecule has 3 heterocycles. The van der Waals surface area contributed by atoms with Crippen LogP contribution in [0.2, 0.25) is 0 Å². The van der Waals surface area contributed by atoms with Gasteiger partial charge in [0.2, 0.25) is 0 Å². The molecule has 0 radical (unpaired) electrons. The van der Waals surface area contributed by atoms with Crippen LogP contribution in [0.1, 0.15) is 0 Å². The van der Waals surface area contributed by atoms with Crippen LogP contribution in [0.25, 0.3) is 11.3 Å². The fourth-order valence-corrected chi connectivity index (χ4v) is 3.42. The van der Waals surface area contributed by atoms with Crippen molar-refractivity contribution in [1.82, 2.24) is 20.1 Å². The monoisotopic (exact) mass is 426 g/mol. The Morgan fingerprint density at radius 2 is 1.93 bits per heavy atom. The third kappa shape index (κ3) is 3.95. The summed E-state index contributed by atoms with van der Waals surface area (Å²) in [5.41, 5.74) is 2.72. The van der Waals surface area contributed by atoms with Crippen molar-refractivity contribution in [2.24, 2.45) is 0 Å². The first kappa shape index (κ1) is 17.5. The van der Waals surface area contributed by atoms with E-state index in [0.29, 0.717) is 13.1 Å². The number of nitrogens with zero attached hydrogens (tertiary/aromatic N) is 4. The molecule has 4 rings (SSSR count). The molecule has 3 aromatic rings. The van der Waals surface area contributed by atoms with E-state index in [1.165, 1.54) is 0 Å². The van der Waals surface area contributed by atoms with Gasteiger partial charge in [-0.1, -0.05) is 12.1 Å². The number of aromatic amines is 1. The van der Waals surface area contributed by atoms with Crippen LogP contribution in [-0.4, -0.2) is 52.3 Å². The Morgan fingerprint density at radius 3 is 2.67 bits per heavy atom. The minimum absolute atomic E-state index is 0.0837. The Kier molecular flexibility index (Phi) is 5.06. The molecule has 0 atom stereocenters. The van der Waals surface area contributed by atoms with Crippen molar-refractivity contribution in [2.75, 3.05) is 36.4 Å². The zero-order valence-electron chi connectivity index (χ0n) is 14.6. The molecule has 0 saturated carbocycles. The van der Waals surface area contributed by atoms with E-state index >= 15 is 0 Å². The average Bonchev–Trinajstić information content (AvgIpc) is 3.21. The highest BCUT2D eigenvalue weighted by Gasteiger charge is 2.23. The molecule has 0 aliphatic carbocycles. The summed E-state index contributed by atoms with van der Waals surface area (Å²) in [4.78, 5) is 20.6. The minimum Gasteiger partial charge on any atom is -0.352 e. The number of carbonyl (C=O) groups excluding carboxylic acids is 1. The predicted octanol–water partition coefficient (Wildman–Crippen LogP) is 3.59. The number of pyridine rings is 1. The van der Waals surface area contributed by atoms with E-state index in [2.05, 4.69) is 41.3 Å². The van der Waals surface area contributed by atoms with Gasteiger partial charge in [0.1, 0.15) is 0 Å². The lowest BCUT2D eigenvalue weighted by Crippen LogP contribution is -2.50. The fraction of sp³-hybridized carbons (Fsp3) is 0.211. The third-order valence-electron chi connectivity index (χ3n) is 4.54. The van der Waals surface area contributed by atoms with Crippen molar-refractivity contribution in [3.05, 3.63) is 59.3 Å². The second-order valence-corrected chi connectivity index (χ2v) is 7.12. The zero-order chi connectivity index (χ0) is 18.6. The first-order chi connectivity index (χ1) is 13.2. The summed E-state index contributed by atoms with van der Waals surface area (Å²) in [6, 6.07) is 13.4. The van der Waals surface area contributed by atoms with Gasteiger partial charge in [0.15, 0.2) is 5.82 Å². The normalized spacial score (nSPS) is 14.3. The molecule has 7 nitrogen and oxygen atoms in total. The zero-order valence-corrected chi connectivity index (χ0v) is 16.2. The molecule has 1 aromatic carbocycles. The Morgan fingerprint density at radius 1 is 1.11 bits per heavy atom. The Bertz CT molecular complexity index is 921. The van der Waals surface area contributed by atoms with Gasteiger partial charge >= 0.3 is 6.03 Å². The number of urea groups is 1. The van der Waals surface area contributed by atoms with Gasteiger partial charge in [0, 0.05) is 54.7 Å². The molecule has 0 spiro atoms. The van der Waals surface area contributed by atoms with Gasteiger partial charge in [-0.15, -0.1) is 0 Å². The number of amides is 2. The number of H-pyrrole nitrogens is 1. The first-order valence-electron chi connectivity index (χ1n) is 8.72. The first-order valence-corrected chi connectivity index (χ1v) is 9.51.